The highest BCUT2D eigenvalue weighted by Crippen LogP contribution is 2.40. The van der Waals surface area contributed by atoms with E-state index in [1.807, 2.05) is 36.1 Å². The first-order valence-corrected chi connectivity index (χ1v) is 16.0. The van der Waals surface area contributed by atoms with Gasteiger partial charge in [-0.1, -0.05) is 30.2 Å². The number of benzene rings is 2. The second kappa shape index (κ2) is 13.4. The number of fused-ring (bicyclic) bond motifs is 4. The van der Waals surface area contributed by atoms with E-state index in [0.717, 1.165) is 25.7 Å². The zero-order chi connectivity index (χ0) is 32.4. The maximum absolute atomic E-state index is 13.3. The third kappa shape index (κ3) is 6.12. The van der Waals surface area contributed by atoms with E-state index in [-0.39, 0.29) is 23.9 Å². The molecule has 0 aliphatic carbocycles. The quantitative estimate of drug-likeness (QED) is 0.286. The number of hydrogen-bond acceptors (Lipinski definition) is 8. The summed E-state index contributed by atoms with van der Waals surface area (Å²) in [6.07, 6.45) is 11.1. The van der Waals surface area contributed by atoms with Crippen LogP contribution < -0.4 is 18.9 Å². The molecule has 2 atom stereocenters. The first-order chi connectivity index (χ1) is 22.3. The second-order valence-electron chi connectivity index (χ2n) is 12.3. The number of carbonyl (C=O) groups is 2. The van der Waals surface area contributed by atoms with Gasteiger partial charge in [0.2, 0.25) is 0 Å². The number of aliphatic imine (C=N–C) groups is 2. The van der Waals surface area contributed by atoms with Gasteiger partial charge in [0, 0.05) is 37.7 Å². The van der Waals surface area contributed by atoms with E-state index in [1.165, 1.54) is 11.1 Å². The zero-order valence-corrected chi connectivity index (χ0v) is 27.2. The van der Waals surface area contributed by atoms with Crippen LogP contribution in [0.3, 0.4) is 0 Å². The maximum Gasteiger partial charge on any atom is 0.257 e. The summed E-state index contributed by atoms with van der Waals surface area (Å²) in [4.78, 5) is 39.7. The lowest BCUT2D eigenvalue weighted by Crippen LogP contribution is -2.35. The summed E-state index contributed by atoms with van der Waals surface area (Å²) in [7, 11) is 3.16. The van der Waals surface area contributed by atoms with Crippen molar-refractivity contribution in [2.24, 2.45) is 15.9 Å². The lowest BCUT2D eigenvalue weighted by Gasteiger charge is -2.20. The van der Waals surface area contributed by atoms with Crippen LogP contribution in [0.2, 0.25) is 0 Å². The molecule has 0 saturated carbocycles. The number of allylic oxidation sites excluding steroid dienone is 2. The van der Waals surface area contributed by atoms with E-state index < -0.39 is 0 Å². The lowest BCUT2D eigenvalue weighted by molar-refractivity contribution is 0.0769. The smallest absolute Gasteiger partial charge is 0.257 e. The number of ether oxygens (including phenoxy) is 4. The standard InChI is InChI=1S/C36H42N4O6/c1-6-23-12-25-18-37-29-16-33(31(43-4)14-27(29)35(41)39(25)20-23)45-10-8-22(3)9-11-46-34-17-30-28(15-32(34)44-5)36(42)40-21-24(7-2)13-26(40)19-38-30/h6-7,14-19,22,25-26H,8-13,20-21H2,1-5H3/t22?,25-,26-/m0/s1. The first kappa shape index (κ1) is 31.4. The maximum atomic E-state index is 13.3. The molecule has 0 bridgehead atoms. The van der Waals surface area contributed by atoms with Gasteiger partial charge in [0.05, 0.1) is 62.0 Å². The van der Waals surface area contributed by atoms with Crippen LogP contribution in [0.5, 0.6) is 23.0 Å². The fraction of sp³-hybridized carbons (Fsp3) is 0.444. The number of hydrogen-bond donors (Lipinski definition) is 0. The summed E-state index contributed by atoms with van der Waals surface area (Å²) < 4.78 is 23.5. The van der Waals surface area contributed by atoms with Crippen LogP contribution in [0.15, 0.2) is 57.5 Å². The van der Waals surface area contributed by atoms with Gasteiger partial charge in [-0.3, -0.25) is 19.6 Å². The lowest BCUT2D eigenvalue weighted by atomic mass is 10.1. The molecule has 0 aromatic heterocycles. The minimum atomic E-state index is -0.0411. The van der Waals surface area contributed by atoms with Gasteiger partial charge in [-0.05, 0) is 57.6 Å². The Morgan fingerprint density at radius 3 is 1.57 bits per heavy atom. The topological polar surface area (TPSA) is 102 Å². The van der Waals surface area contributed by atoms with Crippen LogP contribution in [0.1, 0.15) is 67.2 Å². The molecule has 4 heterocycles. The second-order valence-corrected chi connectivity index (χ2v) is 12.3. The molecule has 6 rings (SSSR count). The molecule has 2 amide bonds. The van der Waals surface area contributed by atoms with Gasteiger partial charge in [0.1, 0.15) is 0 Å². The number of carbonyl (C=O) groups excluding carboxylic acids is 2. The highest BCUT2D eigenvalue weighted by molar-refractivity contribution is 6.04. The fourth-order valence-electron chi connectivity index (χ4n) is 6.41. The Kier molecular flexibility index (Phi) is 9.15. The molecule has 2 aromatic carbocycles. The third-order valence-corrected chi connectivity index (χ3v) is 9.36. The van der Waals surface area contributed by atoms with Crippen LogP contribution in [0.25, 0.3) is 0 Å². The third-order valence-electron chi connectivity index (χ3n) is 9.36. The summed E-state index contributed by atoms with van der Waals surface area (Å²) in [6.45, 7) is 8.35. The summed E-state index contributed by atoms with van der Waals surface area (Å²) in [5.41, 5.74) is 4.73. The molecule has 2 aromatic rings. The fourth-order valence-corrected chi connectivity index (χ4v) is 6.41. The predicted molar refractivity (Wildman–Crippen MR) is 178 cm³/mol. The van der Waals surface area contributed by atoms with E-state index in [4.69, 9.17) is 18.9 Å². The predicted octanol–water partition coefficient (Wildman–Crippen LogP) is 6.33. The summed E-state index contributed by atoms with van der Waals surface area (Å²) in [5, 5.41) is 0. The van der Waals surface area contributed by atoms with Crippen molar-refractivity contribution >= 4 is 35.6 Å². The molecular weight excluding hydrogens is 584 g/mol. The van der Waals surface area contributed by atoms with Gasteiger partial charge >= 0.3 is 0 Å². The molecule has 0 unspecified atom stereocenters. The molecule has 2 saturated heterocycles. The Balaban J connectivity index is 1.04. The van der Waals surface area contributed by atoms with Gasteiger partial charge in [-0.2, -0.15) is 0 Å². The van der Waals surface area contributed by atoms with Crippen molar-refractivity contribution in [1.82, 2.24) is 9.80 Å². The van der Waals surface area contributed by atoms with Gasteiger partial charge in [0.15, 0.2) is 23.0 Å². The molecule has 10 nitrogen and oxygen atoms in total. The van der Waals surface area contributed by atoms with Crippen LogP contribution in [0.4, 0.5) is 11.4 Å². The average molecular weight is 627 g/mol. The average Bonchev–Trinajstić information content (AvgIpc) is 3.63. The number of amides is 2. The van der Waals surface area contributed by atoms with Crippen LogP contribution >= 0.6 is 0 Å². The van der Waals surface area contributed by atoms with Gasteiger partial charge in [0.25, 0.3) is 11.8 Å². The molecule has 0 spiro atoms. The Hall–Kier alpha value is -4.60. The van der Waals surface area contributed by atoms with Gasteiger partial charge < -0.3 is 28.7 Å². The van der Waals surface area contributed by atoms with E-state index in [0.29, 0.717) is 77.7 Å². The summed E-state index contributed by atoms with van der Waals surface area (Å²) >= 11 is 0. The first-order valence-electron chi connectivity index (χ1n) is 16.0. The molecule has 0 N–H and O–H groups in total. The molecule has 4 aliphatic rings. The van der Waals surface area contributed by atoms with Crippen molar-refractivity contribution in [3.8, 4) is 23.0 Å². The van der Waals surface area contributed by atoms with Crippen molar-refractivity contribution in [2.45, 2.75) is 58.5 Å². The summed E-state index contributed by atoms with van der Waals surface area (Å²) in [5.74, 6) is 2.39. The molecule has 0 radical (unpaired) electrons. The molecule has 10 heteroatoms. The SMILES string of the molecule is CC=C1C[C@H]2C=Nc3cc(OCCC(C)CCOc4cc5c(cc4OC)C(=O)N4CC(=CC)C[C@H]4C=N5)c(OC)cc3C(=O)N2C1. The summed E-state index contributed by atoms with van der Waals surface area (Å²) in [6, 6.07) is 7.02. The minimum Gasteiger partial charge on any atom is -0.493 e. The van der Waals surface area contributed by atoms with Crippen LogP contribution in [0, 0.1) is 5.92 Å². The van der Waals surface area contributed by atoms with Crippen LogP contribution in [-0.4, -0.2) is 86.6 Å². The molecule has 4 aliphatic heterocycles. The van der Waals surface area contributed by atoms with E-state index in [1.54, 1.807) is 38.5 Å². The van der Waals surface area contributed by atoms with Crippen molar-refractivity contribution < 1.29 is 28.5 Å². The molecule has 46 heavy (non-hydrogen) atoms. The number of nitrogens with zero attached hydrogens (tertiary/aromatic N) is 4. The van der Waals surface area contributed by atoms with E-state index >= 15 is 0 Å². The largest absolute Gasteiger partial charge is 0.493 e. The van der Waals surface area contributed by atoms with E-state index in [2.05, 4.69) is 29.1 Å². The van der Waals surface area contributed by atoms with Crippen molar-refractivity contribution in [3.63, 3.8) is 0 Å². The molecule has 242 valence electrons. The Morgan fingerprint density at radius 1 is 0.739 bits per heavy atom. The van der Waals surface area contributed by atoms with Crippen molar-refractivity contribution in [1.29, 1.82) is 0 Å². The Morgan fingerprint density at radius 2 is 1.17 bits per heavy atom. The van der Waals surface area contributed by atoms with Gasteiger partial charge in [-0.25, -0.2) is 0 Å². The minimum absolute atomic E-state index is 0.0324. The Bertz CT molecular complexity index is 1520. The van der Waals surface area contributed by atoms with E-state index in [9.17, 15) is 9.59 Å². The Labute approximate surface area is 270 Å². The monoisotopic (exact) mass is 626 g/mol. The van der Waals surface area contributed by atoms with Crippen LogP contribution in [-0.2, 0) is 0 Å². The molecule has 2 fully saturated rings. The van der Waals surface area contributed by atoms with Gasteiger partial charge in [-0.15, -0.1) is 0 Å². The van der Waals surface area contributed by atoms with Crippen molar-refractivity contribution in [2.75, 3.05) is 40.5 Å². The molecular formula is C36H42N4O6. The number of methoxy groups -OCH3 is 2. The number of rotatable bonds is 10. The highest BCUT2D eigenvalue weighted by atomic mass is 16.5. The normalized spacial score (nSPS) is 22.3. The van der Waals surface area contributed by atoms with Crippen molar-refractivity contribution in [3.05, 3.63) is 58.7 Å². The highest BCUT2D eigenvalue weighted by Gasteiger charge is 2.36. The zero-order valence-electron chi connectivity index (χ0n) is 27.2.